The minimum atomic E-state index is -0.495. The number of rotatable bonds is 4. The molecule has 2 rings (SSSR count). The lowest BCUT2D eigenvalue weighted by molar-refractivity contribution is 0.280. The molecule has 0 aliphatic rings. The van der Waals surface area contributed by atoms with Crippen LogP contribution in [-0.2, 0) is 6.61 Å². The topological polar surface area (TPSA) is 31.4 Å². The number of hydrogen-bond donors (Lipinski definition) is 0. The van der Waals surface area contributed by atoms with Gasteiger partial charge in [0, 0.05) is 11.2 Å². The molecule has 0 unspecified atom stereocenters. The Hall–Kier alpha value is -1.81. The van der Waals surface area contributed by atoms with E-state index in [1.807, 2.05) is 0 Å². The van der Waals surface area contributed by atoms with Crippen molar-refractivity contribution in [3.63, 3.8) is 0 Å². The molecule has 0 radical (unpaired) electrons. The Labute approximate surface area is 109 Å². The molecule has 2 aromatic rings. The van der Waals surface area contributed by atoms with E-state index in [0.717, 1.165) is 5.56 Å². The third-order valence-corrected chi connectivity index (χ3v) is 2.56. The van der Waals surface area contributed by atoms with Crippen molar-refractivity contribution >= 4 is 11.6 Å². The van der Waals surface area contributed by atoms with E-state index in [1.165, 1.54) is 19.2 Å². The zero-order valence-corrected chi connectivity index (χ0v) is 10.4. The summed E-state index contributed by atoms with van der Waals surface area (Å²) in [5, 5.41) is 0.332. The van der Waals surface area contributed by atoms with Crippen molar-refractivity contribution in [3.05, 3.63) is 52.9 Å². The highest BCUT2D eigenvalue weighted by atomic mass is 35.5. The molecule has 1 aromatic heterocycles. The summed E-state index contributed by atoms with van der Waals surface area (Å²) in [6.45, 7) is 0.176. The fourth-order valence-corrected chi connectivity index (χ4v) is 1.62. The normalized spacial score (nSPS) is 10.2. The van der Waals surface area contributed by atoms with Gasteiger partial charge in [0.2, 0.25) is 5.88 Å². The van der Waals surface area contributed by atoms with Crippen molar-refractivity contribution in [3.8, 4) is 11.6 Å². The first kappa shape index (κ1) is 12.6. The van der Waals surface area contributed by atoms with E-state index in [4.69, 9.17) is 21.1 Å². The second kappa shape index (κ2) is 5.69. The molecule has 0 saturated carbocycles. The Morgan fingerprint density at radius 1 is 1.33 bits per heavy atom. The summed E-state index contributed by atoms with van der Waals surface area (Å²) >= 11 is 5.66. The quantitative estimate of drug-likeness (QED) is 0.850. The molecule has 0 bridgehead atoms. The molecular formula is C13H11ClFNO2. The fraction of sp³-hybridized carbons (Fsp3) is 0.154. The zero-order valence-electron chi connectivity index (χ0n) is 9.69. The number of pyridine rings is 1. The molecule has 18 heavy (non-hydrogen) atoms. The van der Waals surface area contributed by atoms with E-state index in [9.17, 15) is 4.39 Å². The van der Waals surface area contributed by atoms with Gasteiger partial charge < -0.3 is 9.47 Å². The smallest absolute Gasteiger partial charge is 0.219 e. The average molecular weight is 268 g/mol. The summed E-state index contributed by atoms with van der Waals surface area (Å²) in [5.41, 5.74) is 0.745. The number of halogens is 2. The SMILES string of the molecule is COc1ncccc1COc1ccc(Cl)cc1F. The number of hydrogen-bond acceptors (Lipinski definition) is 3. The standard InChI is InChI=1S/C13H11ClFNO2/c1-17-13-9(3-2-6-16-13)8-18-12-5-4-10(14)7-11(12)15/h2-7H,8H2,1H3. The van der Waals surface area contributed by atoms with Gasteiger partial charge in [-0.3, -0.25) is 0 Å². The highest BCUT2D eigenvalue weighted by Gasteiger charge is 2.07. The molecule has 1 heterocycles. The van der Waals surface area contributed by atoms with Gasteiger partial charge >= 0.3 is 0 Å². The van der Waals surface area contributed by atoms with Crippen LogP contribution in [0.3, 0.4) is 0 Å². The van der Waals surface area contributed by atoms with Crippen LogP contribution in [-0.4, -0.2) is 12.1 Å². The molecule has 0 atom stereocenters. The van der Waals surface area contributed by atoms with Crippen molar-refractivity contribution in [2.75, 3.05) is 7.11 Å². The number of ether oxygens (including phenoxy) is 2. The minimum absolute atomic E-state index is 0.144. The third-order valence-electron chi connectivity index (χ3n) is 2.32. The fourth-order valence-electron chi connectivity index (χ4n) is 1.47. The first-order valence-corrected chi connectivity index (χ1v) is 5.64. The van der Waals surface area contributed by atoms with Gasteiger partial charge in [0.1, 0.15) is 6.61 Å². The summed E-state index contributed by atoms with van der Waals surface area (Å²) in [4.78, 5) is 4.03. The average Bonchev–Trinajstić information content (AvgIpc) is 2.38. The molecule has 3 nitrogen and oxygen atoms in total. The van der Waals surface area contributed by atoms with E-state index in [1.54, 1.807) is 24.4 Å². The monoisotopic (exact) mass is 267 g/mol. The predicted molar refractivity (Wildman–Crippen MR) is 66.5 cm³/mol. The van der Waals surface area contributed by atoms with Crippen LogP contribution in [0.15, 0.2) is 36.5 Å². The highest BCUT2D eigenvalue weighted by Crippen LogP contribution is 2.23. The van der Waals surface area contributed by atoms with Crippen LogP contribution in [0, 0.1) is 5.82 Å². The first-order chi connectivity index (χ1) is 8.70. The van der Waals surface area contributed by atoms with Gasteiger partial charge in [0.25, 0.3) is 0 Å². The van der Waals surface area contributed by atoms with Crippen molar-refractivity contribution in [1.29, 1.82) is 0 Å². The van der Waals surface area contributed by atoms with Gasteiger partial charge in [-0.15, -0.1) is 0 Å². The first-order valence-electron chi connectivity index (χ1n) is 5.26. The Morgan fingerprint density at radius 3 is 2.89 bits per heavy atom. The molecule has 0 fully saturated rings. The molecule has 0 N–H and O–H groups in total. The van der Waals surface area contributed by atoms with E-state index in [-0.39, 0.29) is 12.4 Å². The van der Waals surface area contributed by atoms with Gasteiger partial charge in [-0.1, -0.05) is 11.6 Å². The molecular weight excluding hydrogens is 257 g/mol. The highest BCUT2D eigenvalue weighted by molar-refractivity contribution is 6.30. The van der Waals surface area contributed by atoms with Crippen LogP contribution in [0.25, 0.3) is 0 Å². The Morgan fingerprint density at radius 2 is 2.17 bits per heavy atom. The van der Waals surface area contributed by atoms with Crippen LogP contribution in [0.2, 0.25) is 5.02 Å². The number of aromatic nitrogens is 1. The van der Waals surface area contributed by atoms with Crippen molar-refractivity contribution in [1.82, 2.24) is 4.98 Å². The van der Waals surface area contributed by atoms with E-state index in [0.29, 0.717) is 10.9 Å². The molecule has 1 aromatic carbocycles. The summed E-state index contributed by atoms with van der Waals surface area (Å²) in [6.07, 6.45) is 1.62. The Bertz CT molecular complexity index is 548. The van der Waals surface area contributed by atoms with Gasteiger partial charge in [-0.25, -0.2) is 9.37 Å². The Kier molecular flexibility index (Phi) is 3.99. The van der Waals surface area contributed by atoms with Crippen molar-refractivity contribution in [2.24, 2.45) is 0 Å². The van der Waals surface area contributed by atoms with Crippen LogP contribution < -0.4 is 9.47 Å². The summed E-state index contributed by atoms with van der Waals surface area (Å²) < 4.78 is 23.9. The molecule has 0 saturated heterocycles. The van der Waals surface area contributed by atoms with Crippen LogP contribution in [0.1, 0.15) is 5.56 Å². The second-order valence-corrected chi connectivity index (χ2v) is 3.97. The lowest BCUT2D eigenvalue weighted by atomic mass is 10.3. The maximum absolute atomic E-state index is 13.5. The van der Waals surface area contributed by atoms with Gasteiger partial charge in [0.05, 0.1) is 12.7 Å². The van der Waals surface area contributed by atoms with Crippen molar-refractivity contribution in [2.45, 2.75) is 6.61 Å². The van der Waals surface area contributed by atoms with Crippen LogP contribution in [0.5, 0.6) is 11.6 Å². The maximum Gasteiger partial charge on any atom is 0.219 e. The number of nitrogens with zero attached hydrogens (tertiary/aromatic N) is 1. The van der Waals surface area contributed by atoms with E-state index >= 15 is 0 Å². The Balaban J connectivity index is 2.11. The number of benzene rings is 1. The second-order valence-electron chi connectivity index (χ2n) is 3.54. The molecule has 0 amide bonds. The zero-order chi connectivity index (χ0) is 13.0. The molecule has 0 aliphatic heterocycles. The molecule has 5 heteroatoms. The summed E-state index contributed by atoms with van der Waals surface area (Å²) in [5.74, 6) is 0.113. The third kappa shape index (κ3) is 2.90. The van der Waals surface area contributed by atoms with E-state index < -0.39 is 5.82 Å². The van der Waals surface area contributed by atoms with E-state index in [2.05, 4.69) is 4.98 Å². The maximum atomic E-state index is 13.5. The van der Waals surface area contributed by atoms with Gasteiger partial charge in [0.15, 0.2) is 11.6 Å². The van der Waals surface area contributed by atoms with Crippen LogP contribution >= 0.6 is 11.6 Å². The summed E-state index contributed by atoms with van der Waals surface area (Å²) in [7, 11) is 1.52. The van der Waals surface area contributed by atoms with Gasteiger partial charge in [-0.05, 0) is 30.3 Å². The number of methoxy groups -OCH3 is 1. The lowest BCUT2D eigenvalue weighted by Gasteiger charge is -2.09. The predicted octanol–water partition coefficient (Wildman–Crippen LogP) is 3.46. The largest absolute Gasteiger partial charge is 0.486 e. The van der Waals surface area contributed by atoms with Gasteiger partial charge in [-0.2, -0.15) is 0 Å². The molecule has 94 valence electrons. The van der Waals surface area contributed by atoms with Crippen LogP contribution in [0.4, 0.5) is 4.39 Å². The minimum Gasteiger partial charge on any atom is -0.486 e. The summed E-state index contributed by atoms with van der Waals surface area (Å²) in [6, 6.07) is 7.83. The molecule has 0 spiro atoms. The lowest BCUT2D eigenvalue weighted by Crippen LogP contribution is -2.01. The molecule has 0 aliphatic carbocycles. The van der Waals surface area contributed by atoms with Crippen molar-refractivity contribution < 1.29 is 13.9 Å².